The van der Waals surface area contributed by atoms with Crippen molar-refractivity contribution in [3.8, 4) is 6.07 Å². The number of amides is 1. The average Bonchev–Trinajstić information content (AvgIpc) is 3.34. The van der Waals surface area contributed by atoms with Gasteiger partial charge < -0.3 is 5.32 Å². The minimum Gasteiger partial charge on any atom is -0.316 e. The SMILES string of the molecule is N#Cc1c(NC(=O)C(c2ccccc2)C2CCCC2)sc2c1CCC2. The quantitative estimate of drug-likeness (QED) is 0.841. The predicted molar refractivity (Wildman–Crippen MR) is 101 cm³/mol. The van der Waals surface area contributed by atoms with Crippen LogP contribution in [0.2, 0.25) is 0 Å². The molecule has 1 atom stereocenters. The summed E-state index contributed by atoms with van der Waals surface area (Å²) in [6.45, 7) is 0. The van der Waals surface area contributed by atoms with Crippen molar-refractivity contribution in [2.45, 2.75) is 50.9 Å². The van der Waals surface area contributed by atoms with Crippen molar-refractivity contribution in [3.63, 3.8) is 0 Å². The number of fused-ring (bicyclic) bond motifs is 1. The highest BCUT2D eigenvalue weighted by Crippen LogP contribution is 2.41. The van der Waals surface area contributed by atoms with Gasteiger partial charge in [0.2, 0.25) is 5.91 Å². The first-order valence-electron chi connectivity index (χ1n) is 9.18. The van der Waals surface area contributed by atoms with Crippen molar-refractivity contribution < 1.29 is 4.79 Å². The fourth-order valence-electron chi connectivity index (χ4n) is 4.39. The van der Waals surface area contributed by atoms with Crippen LogP contribution in [0, 0.1) is 17.2 Å². The zero-order valence-electron chi connectivity index (χ0n) is 14.3. The van der Waals surface area contributed by atoms with Gasteiger partial charge in [0.15, 0.2) is 0 Å². The Labute approximate surface area is 152 Å². The Morgan fingerprint density at radius 1 is 1.16 bits per heavy atom. The maximum Gasteiger partial charge on any atom is 0.232 e. The molecule has 0 radical (unpaired) electrons. The summed E-state index contributed by atoms with van der Waals surface area (Å²) in [5.41, 5.74) is 2.96. The lowest BCUT2D eigenvalue weighted by molar-refractivity contribution is -0.118. The number of carbonyl (C=O) groups excluding carboxylic acids is 1. The molecule has 1 unspecified atom stereocenters. The molecule has 4 heteroatoms. The Balaban J connectivity index is 1.62. The van der Waals surface area contributed by atoms with E-state index in [2.05, 4.69) is 23.5 Å². The topological polar surface area (TPSA) is 52.9 Å². The largest absolute Gasteiger partial charge is 0.316 e. The molecule has 128 valence electrons. The second kappa shape index (κ2) is 7.01. The van der Waals surface area contributed by atoms with Gasteiger partial charge in [0.25, 0.3) is 0 Å². The molecule has 3 nitrogen and oxygen atoms in total. The smallest absolute Gasteiger partial charge is 0.232 e. The molecule has 4 rings (SSSR count). The van der Waals surface area contributed by atoms with Crippen LogP contribution in [0.4, 0.5) is 5.00 Å². The molecule has 0 saturated heterocycles. The van der Waals surface area contributed by atoms with E-state index in [1.54, 1.807) is 11.3 Å². The molecule has 1 heterocycles. The van der Waals surface area contributed by atoms with Crippen LogP contribution in [0.1, 0.15) is 59.6 Å². The van der Waals surface area contributed by atoms with E-state index in [-0.39, 0.29) is 11.8 Å². The fourth-order valence-corrected chi connectivity index (χ4v) is 5.63. The molecule has 0 spiro atoms. The molecule has 1 saturated carbocycles. The van der Waals surface area contributed by atoms with E-state index in [0.717, 1.165) is 42.7 Å². The maximum atomic E-state index is 13.2. The lowest BCUT2D eigenvalue weighted by Gasteiger charge is -2.23. The average molecular weight is 350 g/mol. The molecule has 2 aromatic rings. The van der Waals surface area contributed by atoms with Gasteiger partial charge in [-0.25, -0.2) is 0 Å². The van der Waals surface area contributed by atoms with Crippen LogP contribution in [0.25, 0.3) is 0 Å². The zero-order chi connectivity index (χ0) is 17.2. The number of nitrogens with one attached hydrogen (secondary N) is 1. The van der Waals surface area contributed by atoms with Crippen LogP contribution < -0.4 is 5.32 Å². The molecule has 2 aliphatic rings. The van der Waals surface area contributed by atoms with Gasteiger partial charge >= 0.3 is 0 Å². The second-order valence-electron chi connectivity index (χ2n) is 7.10. The number of thiophene rings is 1. The first-order chi connectivity index (χ1) is 12.3. The number of rotatable bonds is 4. The highest BCUT2D eigenvalue weighted by Gasteiger charge is 2.33. The summed E-state index contributed by atoms with van der Waals surface area (Å²) in [5.74, 6) is 0.335. The highest BCUT2D eigenvalue weighted by molar-refractivity contribution is 7.16. The molecule has 2 aliphatic carbocycles. The van der Waals surface area contributed by atoms with Crippen LogP contribution in [-0.4, -0.2) is 5.91 Å². The van der Waals surface area contributed by atoms with Crippen LogP contribution in [0.15, 0.2) is 30.3 Å². The fraction of sp³-hybridized carbons (Fsp3) is 0.429. The summed E-state index contributed by atoms with van der Waals surface area (Å²) in [4.78, 5) is 14.5. The lowest BCUT2D eigenvalue weighted by Crippen LogP contribution is -2.26. The number of nitriles is 1. The van der Waals surface area contributed by atoms with Gasteiger partial charge in [-0.2, -0.15) is 5.26 Å². The molecule has 0 aliphatic heterocycles. The van der Waals surface area contributed by atoms with E-state index in [9.17, 15) is 10.1 Å². The summed E-state index contributed by atoms with van der Waals surface area (Å²) in [6, 6.07) is 12.4. The Morgan fingerprint density at radius 3 is 2.64 bits per heavy atom. The molecular weight excluding hydrogens is 328 g/mol. The van der Waals surface area contributed by atoms with Gasteiger partial charge in [0.1, 0.15) is 11.1 Å². The van der Waals surface area contributed by atoms with Gasteiger partial charge in [-0.1, -0.05) is 43.2 Å². The van der Waals surface area contributed by atoms with Gasteiger partial charge in [-0.3, -0.25) is 4.79 Å². The third-order valence-electron chi connectivity index (χ3n) is 5.58. The van der Waals surface area contributed by atoms with Crippen LogP contribution in [0.5, 0.6) is 0 Å². The molecule has 1 fully saturated rings. The normalized spacial score (nSPS) is 17.9. The standard InChI is InChI=1S/C21H22N2OS/c22-13-17-16-11-6-12-18(16)25-21(17)23-20(24)19(15-9-4-5-10-15)14-7-2-1-3-8-14/h1-3,7-8,15,19H,4-6,9-12H2,(H,23,24). The molecule has 0 bridgehead atoms. The zero-order valence-corrected chi connectivity index (χ0v) is 15.1. The van der Waals surface area contributed by atoms with Crippen molar-refractivity contribution in [2.24, 2.45) is 5.92 Å². The number of hydrogen-bond acceptors (Lipinski definition) is 3. The molecule has 1 aromatic heterocycles. The molecular formula is C21H22N2OS. The van der Waals surface area contributed by atoms with Crippen molar-refractivity contribution in [3.05, 3.63) is 51.9 Å². The number of anilines is 1. The van der Waals surface area contributed by atoms with E-state index in [0.29, 0.717) is 11.5 Å². The Morgan fingerprint density at radius 2 is 1.92 bits per heavy atom. The van der Waals surface area contributed by atoms with Gasteiger partial charge in [0.05, 0.1) is 11.5 Å². The third-order valence-corrected chi connectivity index (χ3v) is 6.79. The maximum absolute atomic E-state index is 13.2. The summed E-state index contributed by atoms with van der Waals surface area (Å²) in [7, 11) is 0. The Bertz CT molecular complexity index is 812. The van der Waals surface area contributed by atoms with Crippen molar-refractivity contribution in [2.75, 3.05) is 5.32 Å². The predicted octanol–water partition coefficient (Wildman–Crippen LogP) is 5.02. The highest BCUT2D eigenvalue weighted by atomic mass is 32.1. The number of aryl methyl sites for hydroxylation is 1. The van der Waals surface area contributed by atoms with E-state index in [4.69, 9.17) is 0 Å². The molecule has 25 heavy (non-hydrogen) atoms. The van der Waals surface area contributed by atoms with Gasteiger partial charge in [-0.05, 0) is 49.1 Å². The summed E-state index contributed by atoms with van der Waals surface area (Å²) < 4.78 is 0. The Kier molecular flexibility index (Phi) is 4.59. The molecule has 1 N–H and O–H groups in total. The van der Waals surface area contributed by atoms with Gasteiger partial charge in [-0.15, -0.1) is 11.3 Å². The second-order valence-corrected chi connectivity index (χ2v) is 8.20. The number of nitrogens with zero attached hydrogens (tertiary/aromatic N) is 1. The van der Waals surface area contributed by atoms with E-state index < -0.39 is 0 Å². The minimum atomic E-state index is -0.118. The Hall–Kier alpha value is -2.12. The minimum absolute atomic E-state index is 0.0505. The van der Waals surface area contributed by atoms with Crippen molar-refractivity contribution >= 4 is 22.2 Å². The summed E-state index contributed by atoms with van der Waals surface area (Å²) >= 11 is 1.60. The van der Waals surface area contributed by atoms with Crippen LogP contribution >= 0.6 is 11.3 Å². The van der Waals surface area contributed by atoms with Crippen molar-refractivity contribution in [1.82, 2.24) is 0 Å². The molecule has 1 amide bonds. The monoisotopic (exact) mass is 350 g/mol. The van der Waals surface area contributed by atoms with Crippen LogP contribution in [0.3, 0.4) is 0 Å². The van der Waals surface area contributed by atoms with E-state index >= 15 is 0 Å². The van der Waals surface area contributed by atoms with E-state index in [1.165, 1.54) is 23.3 Å². The lowest BCUT2D eigenvalue weighted by atomic mass is 9.84. The first kappa shape index (κ1) is 16.4. The number of hydrogen-bond donors (Lipinski definition) is 1. The van der Waals surface area contributed by atoms with E-state index in [1.807, 2.05) is 18.2 Å². The summed E-state index contributed by atoms with van der Waals surface area (Å²) in [6.07, 6.45) is 7.76. The van der Waals surface area contributed by atoms with Crippen molar-refractivity contribution in [1.29, 1.82) is 5.26 Å². The number of carbonyl (C=O) groups is 1. The number of benzene rings is 1. The third kappa shape index (κ3) is 3.09. The summed E-state index contributed by atoms with van der Waals surface area (Å²) in [5, 5.41) is 13.4. The molecule has 1 aromatic carbocycles. The first-order valence-corrected chi connectivity index (χ1v) is 10.00. The van der Waals surface area contributed by atoms with Gasteiger partial charge in [0, 0.05) is 4.88 Å². The van der Waals surface area contributed by atoms with Crippen LogP contribution in [-0.2, 0) is 17.6 Å².